The van der Waals surface area contributed by atoms with E-state index in [4.69, 9.17) is 31.3 Å². The van der Waals surface area contributed by atoms with Gasteiger partial charge in [0.15, 0.2) is 17.8 Å². The fraction of sp³-hybridized carbons (Fsp3) is 0.300. The third-order valence-electron chi connectivity index (χ3n) is 8.00. The monoisotopic (exact) mass is 1100 g/mol. The number of hydrogen-bond donors (Lipinski definition) is 4. The highest BCUT2D eigenvalue weighted by Gasteiger charge is 2.32. The van der Waals surface area contributed by atoms with Gasteiger partial charge in [-0.2, -0.15) is 13.2 Å². The van der Waals surface area contributed by atoms with Crippen LogP contribution in [0.1, 0.15) is 74.1 Å². The number of rotatable bonds is 16. The van der Waals surface area contributed by atoms with E-state index in [1.165, 1.54) is 24.3 Å². The van der Waals surface area contributed by atoms with Crippen molar-refractivity contribution >= 4 is 105 Å². The molecule has 0 aliphatic heterocycles. The van der Waals surface area contributed by atoms with Gasteiger partial charge in [-0.3, -0.25) is 19.2 Å². The van der Waals surface area contributed by atoms with Crippen LogP contribution in [0.3, 0.4) is 0 Å². The van der Waals surface area contributed by atoms with Gasteiger partial charge in [0.25, 0.3) is 0 Å². The maximum atomic E-state index is 14.7. The first-order valence-corrected chi connectivity index (χ1v) is 21.1. The molecule has 1 atom stereocenters. The van der Waals surface area contributed by atoms with E-state index in [0.29, 0.717) is 30.1 Å². The maximum absolute atomic E-state index is 14.7. The number of aryl methyl sites for hydroxylation is 2. The number of halogens is 9. The molecule has 0 heterocycles. The molecule has 0 bridgehead atoms. The molecule has 0 saturated carbocycles. The number of carbonyl (C=O) groups excluding carboxylic acids is 2. The zero-order valence-electron chi connectivity index (χ0n) is 31.4. The predicted octanol–water partition coefficient (Wildman–Crippen LogP) is 12.0. The molecule has 1 unspecified atom stereocenters. The number of nitrogens with one attached hydrogen (secondary N) is 2. The first-order valence-electron chi connectivity index (χ1n) is 17.5. The Morgan fingerprint density at radius 2 is 1.34 bits per heavy atom. The van der Waals surface area contributed by atoms with E-state index < -0.39 is 47.5 Å². The van der Waals surface area contributed by atoms with E-state index in [9.17, 15) is 36.7 Å². The van der Waals surface area contributed by atoms with E-state index in [0.717, 1.165) is 23.3 Å². The van der Waals surface area contributed by atoms with Crippen molar-refractivity contribution in [2.45, 2.75) is 71.9 Å². The van der Waals surface area contributed by atoms with Crippen molar-refractivity contribution in [3.8, 4) is 11.5 Å². The Kier molecular flexibility index (Phi) is 19.2. The minimum atomic E-state index is -4.55. The third-order valence-corrected chi connectivity index (χ3v) is 10.6. The number of carboxylic acid groups (broad SMARTS) is 2. The molecule has 0 saturated heterocycles. The highest BCUT2D eigenvalue weighted by Crippen LogP contribution is 2.39. The van der Waals surface area contributed by atoms with Crippen molar-refractivity contribution in [1.82, 2.24) is 5.32 Å². The first-order chi connectivity index (χ1) is 27.6. The lowest BCUT2D eigenvalue weighted by Gasteiger charge is -2.24. The summed E-state index contributed by atoms with van der Waals surface area (Å²) in [5.74, 6) is -2.87. The lowest BCUT2D eigenvalue weighted by molar-refractivity contribution is -0.138. The van der Waals surface area contributed by atoms with Crippen LogP contribution in [0.2, 0.25) is 5.02 Å². The van der Waals surface area contributed by atoms with Crippen LogP contribution >= 0.6 is 75.3 Å². The van der Waals surface area contributed by atoms with E-state index in [-0.39, 0.29) is 65.8 Å². The Morgan fingerprint density at radius 3 is 1.81 bits per heavy atom. The predicted molar refractivity (Wildman–Crippen MR) is 228 cm³/mol. The number of alkyl halides is 3. The SMILES string of the molecule is CC(C)C(=O)NC(Oc1c(Br)cc(CCC(=O)O)cc1Br)c1cccc(C(F)(F)F)c1.CCC(=O)Nc1cc(Cl)cc(COc2c(Br)cc(CCC(=O)O)cc2Br)c1F. The molecular weight excluding hydrogens is 1070 g/mol. The van der Waals surface area contributed by atoms with Crippen LogP contribution in [-0.4, -0.2) is 34.0 Å². The normalized spacial score (nSPS) is 11.6. The van der Waals surface area contributed by atoms with Crippen LogP contribution in [0.15, 0.2) is 78.6 Å². The molecule has 4 rings (SSSR count). The minimum absolute atomic E-state index is 0.0000926. The summed E-state index contributed by atoms with van der Waals surface area (Å²) < 4.78 is 67.9. The maximum Gasteiger partial charge on any atom is 0.416 e. The second-order valence-corrected chi connectivity index (χ2v) is 16.8. The van der Waals surface area contributed by atoms with E-state index >= 15 is 0 Å². The molecule has 4 aromatic rings. The Balaban J connectivity index is 0.000000317. The highest BCUT2D eigenvalue weighted by molar-refractivity contribution is 9.11. The summed E-state index contributed by atoms with van der Waals surface area (Å²) in [4.78, 5) is 45.4. The molecule has 0 spiro atoms. The van der Waals surface area contributed by atoms with Gasteiger partial charge in [-0.15, -0.1) is 0 Å². The molecule has 0 aliphatic carbocycles. The average molecular weight is 1100 g/mol. The van der Waals surface area contributed by atoms with Gasteiger partial charge in [-0.25, -0.2) is 4.39 Å². The van der Waals surface area contributed by atoms with Crippen molar-refractivity contribution in [3.63, 3.8) is 0 Å². The number of amides is 2. The van der Waals surface area contributed by atoms with Crippen LogP contribution in [0.4, 0.5) is 23.2 Å². The lowest BCUT2D eigenvalue weighted by atomic mass is 10.1. The molecule has 59 heavy (non-hydrogen) atoms. The van der Waals surface area contributed by atoms with Crippen LogP contribution in [0, 0.1) is 11.7 Å². The molecule has 2 amide bonds. The number of hydrogen-bond acceptors (Lipinski definition) is 6. The Bertz CT molecular complexity index is 2130. The van der Waals surface area contributed by atoms with Crippen LogP contribution < -0.4 is 20.1 Å². The van der Waals surface area contributed by atoms with Gasteiger partial charge < -0.3 is 30.3 Å². The standard InChI is InChI=1S/C21H20Br2F3NO4.C19H17Br2ClFNO4/c1-11(2)19(30)27-20(13-4-3-5-14(10-13)21(24,25)26)31-18-15(22)8-12(9-16(18)23)6-7-17(28)29;1-2-16(25)24-15-8-12(22)7-11(18(15)23)9-28-19-13(20)5-10(6-14(19)21)3-4-17(26)27/h3-5,8-11,20H,6-7H2,1-2H3,(H,27,30)(H,28,29);5-8H,2-4,9H2,1H3,(H,24,25)(H,26,27). The number of ether oxygens (including phenoxy) is 2. The summed E-state index contributed by atoms with van der Waals surface area (Å²) in [6.45, 7) is 4.85. The van der Waals surface area contributed by atoms with Gasteiger partial charge in [0, 0.05) is 41.3 Å². The molecule has 318 valence electrons. The van der Waals surface area contributed by atoms with Crippen molar-refractivity contribution in [2.75, 3.05) is 5.32 Å². The molecule has 0 fully saturated rings. The van der Waals surface area contributed by atoms with Crippen molar-refractivity contribution in [3.05, 3.63) is 117 Å². The van der Waals surface area contributed by atoms with Crippen molar-refractivity contribution in [2.24, 2.45) is 5.92 Å². The van der Waals surface area contributed by atoms with E-state index in [2.05, 4.69) is 74.4 Å². The van der Waals surface area contributed by atoms with Gasteiger partial charge in [-0.05, 0) is 136 Å². The largest absolute Gasteiger partial charge is 0.486 e. The van der Waals surface area contributed by atoms with Gasteiger partial charge in [-0.1, -0.05) is 44.5 Å². The summed E-state index contributed by atoms with van der Waals surface area (Å²) >= 11 is 19.5. The lowest BCUT2D eigenvalue weighted by Crippen LogP contribution is -2.35. The van der Waals surface area contributed by atoms with Gasteiger partial charge in [0.2, 0.25) is 11.8 Å². The second-order valence-electron chi connectivity index (χ2n) is 13.0. The molecule has 0 radical (unpaired) electrons. The van der Waals surface area contributed by atoms with E-state index in [1.54, 1.807) is 45.0 Å². The average Bonchev–Trinajstić information content (AvgIpc) is 3.15. The molecule has 10 nitrogen and oxygen atoms in total. The van der Waals surface area contributed by atoms with E-state index in [1.807, 2.05) is 0 Å². The number of carboxylic acids is 2. The van der Waals surface area contributed by atoms with Crippen LogP contribution in [0.5, 0.6) is 11.5 Å². The molecule has 4 aromatic carbocycles. The number of benzene rings is 4. The third kappa shape index (κ3) is 15.7. The van der Waals surface area contributed by atoms with Gasteiger partial charge in [0.05, 0.1) is 29.1 Å². The van der Waals surface area contributed by atoms with Gasteiger partial charge in [0.1, 0.15) is 12.4 Å². The zero-order valence-corrected chi connectivity index (χ0v) is 38.5. The van der Waals surface area contributed by atoms with Crippen LogP contribution in [-0.2, 0) is 44.8 Å². The molecule has 19 heteroatoms. The zero-order chi connectivity index (χ0) is 44.2. The Hall–Kier alpha value is -3.71. The molecular formula is C40H37Br4ClF4N2O8. The summed E-state index contributed by atoms with van der Waals surface area (Å²) in [5, 5.41) is 23.0. The second kappa shape index (κ2) is 22.8. The van der Waals surface area contributed by atoms with Crippen molar-refractivity contribution in [1.29, 1.82) is 0 Å². The van der Waals surface area contributed by atoms with Crippen molar-refractivity contribution < 1.29 is 56.4 Å². The molecule has 4 N–H and O–H groups in total. The topological polar surface area (TPSA) is 151 Å². The highest BCUT2D eigenvalue weighted by atomic mass is 79.9. The minimum Gasteiger partial charge on any atom is -0.486 e. The summed E-state index contributed by atoms with van der Waals surface area (Å²) in [6.07, 6.45) is -4.91. The van der Waals surface area contributed by atoms with Crippen LogP contribution in [0.25, 0.3) is 0 Å². The Labute approximate surface area is 375 Å². The molecule has 0 aliphatic rings. The fourth-order valence-electron chi connectivity index (χ4n) is 4.97. The number of aliphatic carboxylic acids is 2. The number of carbonyl (C=O) groups is 4. The molecule has 0 aromatic heterocycles. The number of anilines is 1. The summed E-state index contributed by atoms with van der Waals surface area (Å²) in [6, 6.07) is 14.2. The summed E-state index contributed by atoms with van der Waals surface area (Å²) in [7, 11) is 0. The Morgan fingerprint density at radius 1 is 0.814 bits per heavy atom. The summed E-state index contributed by atoms with van der Waals surface area (Å²) in [5.41, 5.74) is 0.979. The van der Waals surface area contributed by atoms with Gasteiger partial charge >= 0.3 is 18.1 Å². The quantitative estimate of drug-likeness (QED) is 0.0640. The smallest absolute Gasteiger partial charge is 0.416 e. The first kappa shape index (κ1) is 49.7. The fourth-order valence-corrected chi connectivity index (χ4v) is 8.19.